The Morgan fingerprint density at radius 3 is 2.47 bits per heavy atom. The molecule has 1 saturated heterocycles. The second-order valence-corrected chi connectivity index (χ2v) is 14.9. The number of nitrogens with two attached hydrogens (primary N) is 1. The summed E-state index contributed by atoms with van der Waals surface area (Å²) in [4.78, 5) is 12.3. The molecule has 5 aliphatic rings. The smallest absolute Gasteiger partial charge is 0.133 e. The SMILES string of the molecule is CC1=C2CC3C4(C)CCC(=O)CC4CCC3(C)C2CCC(C)(C(C)C2[NH2+]CC(C)CC2(C)O)C1. The third-order valence-electron chi connectivity index (χ3n) is 12.7. The first kappa shape index (κ1) is 25.0. The predicted molar refractivity (Wildman–Crippen MR) is 138 cm³/mol. The van der Waals surface area contributed by atoms with Gasteiger partial charge in [-0.3, -0.25) is 4.79 Å². The second kappa shape index (κ2) is 8.17. The highest BCUT2D eigenvalue weighted by atomic mass is 16.3. The highest BCUT2D eigenvalue weighted by molar-refractivity contribution is 5.79. The maximum Gasteiger partial charge on any atom is 0.133 e. The Kier molecular flexibility index (Phi) is 6.01. The number of rotatable bonds is 2. The van der Waals surface area contributed by atoms with Crippen molar-refractivity contribution in [3.8, 4) is 0 Å². The molecule has 4 fully saturated rings. The summed E-state index contributed by atoms with van der Waals surface area (Å²) < 4.78 is 0. The van der Waals surface area contributed by atoms with Gasteiger partial charge in [0.2, 0.25) is 0 Å². The van der Waals surface area contributed by atoms with Crippen LogP contribution in [0.25, 0.3) is 0 Å². The summed E-state index contributed by atoms with van der Waals surface area (Å²) in [5.74, 6) is 3.68. The third kappa shape index (κ3) is 3.69. The number of piperidine rings is 1. The maximum atomic E-state index is 12.3. The van der Waals surface area contributed by atoms with Crippen LogP contribution in [0, 0.1) is 45.8 Å². The van der Waals surface area contributed by atoms with Gasteiger partial charge in [0.1, 0.15) is 17.4 Å². The van der Waals surface area contributed by atoms with E-state index >= 15 is 0 Å². The van der Waals surface area contributed by atoms with Crippen LogP contribution in [0.5, 0.6) is 0 Å². The molecule has 1 aliphatic heterocycles. The van der Waals surface area contributed by atoms with Gasteiger partial charge in [-0.2, -0.15) is 0 Å². The molecule has 0 aromatic carbocycles. The largest absolute Gasteiger partial charge is 0.384 e. The van der Waals surface area contributed by atoms with E-state index in [2.05, 4.69) is 53.8 Å². The number of quaternary nitrogens is 1. The zero-order chi connectivity index (χ0) is 24.7. The van der Waals surface area contributed by atoms with Crippen molar-refractivity contribution in [2.75, 3.05) is 6.54 Å². The van der Waals surface area contributed by atoms with Crippen LogP contribution in [0.3, 0.4) is 0 Å². The molecule has 3 N–H and O–H groups in total. The van der Waals surface area contributed by atoms with Gasteiger partial charge in [0.25, 0.3) is 0 Å². The predicted octanol–water partition coefficient (Wildman–Crippen LogP) is 5.66. The van der Waals surface area contributed by atoms with Gasteiger partial charge in [0.15, 0.2) is 0 Å². The summed E-state index contributed by atoms with van der Waals surface area (Å²) in [6, 6.07) is 0.293. The molecule has 0 aromatic heterocycles. The number of carbonyl (C=O) groups excluding carboxylic acids is 1. The van der Waals surface area contributed by atoms with Crippen LogP contribution in [0.1, 0.15) is 113 Å². The van der Waals surface area contributed by atoms with Gasteiger partial charge >= 0.3 is 0 Å². The molecule has 0 spiro atoms. The molecule has 0 aromatic rings. The van der Waals surface area contributed by atoms with Crippen molar-refractivity contribution in [1.29, 1.82) is 0 Å². The Balaban J connectivity index is 1.42. The highest BCUT2D eigenvalue weighted by Gasteiger charge is 2.62. The van der Waals surface area contributed by atoms with Gasteiger partial charge < -0.3 is 10.4 Å². The lowest BCUT2D eigenvalue weighted by Crippen LogP contribution is -2.99. The average molecular weight is 471 g/mol. The molecule has 0 radical (unpaired) electrons. The standard InChI is InChI=1S/C31H51NO2/c1-19-16-31(7,34)27(32-18-19)21(3)28(4)11-10-25-24(20(2)17-28)15-26-29(5)13-9-23(33)14-22(29)8-12-30(25,26)6/h19,21-22,25-27,32,34H,8-18H2,1-7H3/p+1. The molecular weight excluding hydrogens is 418 g/mol. The van der Waals surface area contributed by atoms with Crippen molar-refractivity contribution < 1.29 is 15.2 Å². The van der Waals surface area contributed by atoms with Crippen LogP contribution >= 0.6 is 0 Å². The van der Waals surface area contributed by atoms with Crippen molar-refractivity contribution in [3.05, 3.63) is 11.1 Å². The Morgan fingerprint density at radius 1 is 1.03 bits per heavy atom. The third-order valence-corrected chi connectivity index (χ3v) is 12.7. The van der Waals surface area contributed by atoms with E-state index in [4.69, 9.17) is 0 Å². The van der Waals surface area contributed by atoms with Crippen LogP contribution in [-0.2, 0) is 4.79 Å². The van der Waals surface area contributed by atoms with E-state index in [0.29, 0.717) is 40.4 Å². The lowest BCUT2D eigenvalue weighted by molar-refractivity contribution is -0.727. The summed E-state index contributed by atoms with van der Waals surface area (Å²) in [7, 11) is 0. The monoisotopic (exact) mass is 470 g/mol. The van der Waals surface area contributed by atoms with E-state index in [1.54, 1.807) is 11.1 Å². The minimum absolute atomic E-state index is 0.247. The minimum Gasteiger partial charge on any atom is -0.384 e. The molecule has 5 rings (SSSR count). The van der Waals surface area contributed by atoms with Crippen LogP contribution in [0.2, 0.25) is 0 Å². The Hall–Kier alpha value is -0.670. The molecule has 4 aliphatic carbocycles. The van der Waals surface area contributed by atoms with E-state index in [-0.39, 0.29) is 5.41 Å². The van der Waals surface area contributed by atoms with Gasteiger partial charge in [0.05, 0.1) is 6.54 Å². The first-order valence-electron chi connectivity index (χ1n) is 14.6. The van der Waals surface area contributed by atoms with Crippen molar-refractivity contribution >= 4 is 5.78 Å². The van der Waals surface area contributed by atoms with Gasteiger partial charge in [-0.05, 0) is 99.2 Å². The minimum atomic E-state index is -0.578. The van der Waals surface area contributed by atoms with Crippen LogP contribution in [0.4, 0.5) is 0 Å². The van der Waals surface area contributed by atoms with Crippen molar-refractivity contribution in [2.45, 2.75) is 124 Å². The number of hydrogen-bond acceptors (Lipinski definition) is 2. The van der Waals surface area contributed by atoms with E-state index in [9.17, 15) is 9.90 Å². The van der Waals surface area contributed by atoms with E-state index in [0.717, 1.165) is 44.1 Å². The van der Waals surface area contributed by atoms with Gasteiger partial charge in [-0.1, -0.05) is 45.8 Å². The number of hydrogen-bond donors (Lipinski definition) is 2. The fourth-order valence-corrected chi connectivity index (χ4v) is 10.5. The summed E-state index contributed by atoms with van der Waals surface area (Å²) in [6.07, 6.45) is 11.3. The van der Waals surface area contributed by atoms with Crippen LogP contribution in [0.15, 0.2) is 11.1 Å². The summed E-state index contributed by atoms with van der Waals surface area (Å²) in [5.41, 5.74) is 3.89. The molecule has 0 bridgehead atoms. The molecule has 34 heavy (non-hydrogen) atoms. The lowest BCUT2D eigenvalue weighted by atomic mass is 9.47. The fourth-order valence-electron chi connectivity index (χ4n) is 10.5. The van der Waals surface area contributed by atoms with Gasteiger partial charge in [0, 0.05) is 24.7 Å². The van der Waals surface area contributed by atoms with Crippen molar-refractivity contribution in [1.82, 2.24) is 0 Å². The van der Waals surface area contributed by atoms with E-state index < -0.39 is 5.60 Å². The molecule has 3 saturated carbocycles. The molecule has 10 unspecified atom stereocenters. The Morgan fingerprint density at radius 2 is 1.76 bits per heavy atom. The average Bonchev–Trinajstić information content (AvgIpc) is 2.98. The summed E-state index contributed by atoms with van der Waals surface area (Å²) in [6.45, 7) is 18.1. The number of aliphatic hydroxyl groups is 1. The molecule has 3 heteroatoms. The molecule has 3 nitrogen and oxygen atoms in total. The summed E-state index contributed by atoms with van der Waals surface area (Å²) in [5, 5.41) is 13.9. The Bertz CT molecular complexity index is 875. The lowest BCUT2D eigenvalue weighted by Gasteiger charge is -2.57. The zero-order valence-corrected chi connectivity index (χ0v) is 23.2. The molecule has 1 heterocycles. The van der Waals surface area contributed by atoms with E-state index in [1.807, 2.05) is 0 Å². The van der Waals surface area contributed by atoms with Crippen LogP contribution < -0.4 is 5.32 Å². The first-order valence-corrected chi connectivity index (χ1v) is 14.6. The second-order valence-electron chi connectivity index (χ2n) is 14.9. The van der Waals surface area contributed by atoms with Crippen LogP contribution in [-0.4, -0.2) is 29.1 Å². The molecule has 192 valence electrons. The number of fused-ring (bicyclic) bond motifs is 5. The molecule has 10 atom stereocenters. The molecule has 0 amide bonds. The molecular formula is C31H52NO2+. The highest BCUT2D eigenvalue weighted by Crippen LogP contribution is 2.70. The number of allylic oxidation sites excluding steroid dienone is 2. The van der Waals surface area contributed by atoms with Gasteiger partial charge in [-0.25, -0.2) is 0 Å². The summed E-state index contributed by atoms with van der Waals surface area (Å²) >= 11 is 0. The number of ketones is 1. The zero-order valence-electron chi connectivity index (χ0n) is 23.2. The first-order chi connectivity index (χ1) is 15.8. The topological polar surface area (TPSA) is 53.9 Å². The normalized spacial score (nSPS) is 52.5. The fraction of sp³-hybridized carbons (Fsp3) is 0.903. The Labute approximate surface area is 208 Å². The quantitative estimate of drug-likeness (QED) is 0.511. The van der Waals surface area contributed by atoms with Crippen molar-refractivity contribution in [2.24, 2.45) is 45.8 Å². The maximum absolute atomic E-state index is 12.3. The number of carbonyl (C=O) groups is 1. The van der Waals surface area contributed by atoms with Crippen molar-refractivity contribution in [3.63, 3.8) is 0 Å². The van der Waals surface area contributed by atoms with Gasteiger partial charge in [-0.15, -0.1) is 0 Å². The van der Waals surface area contributed by atoms with E-state index in [1.165, 1.54) is 38.5 Å². The number of Topliss-reactive ketones (excluding diaryl/α,β-unsaturated/α-hetero) is 1.